The Hall–Kier alpha value is -1.93. The van der Waals surface area contributed by atoms with Crippen LogP contribution in [-0.4, -0.2) is 44.4 Å². The lowest BCUT2D eigenvalue weighted by molar-refractivity contribution is -0.0260. The summed E-state index contributed by atoms with van der Waals surface area (Å²) in [6.07, 6.45) is 2.10. The van der Waals surface area contributed by atoms with Gasteiger partial charge in [0.25, 0.3) is 0 Å². The van der Waals surface area contributed by atoms with Crippen LogP contribution in [0.4, 0.5) is 0 Å². The van der Waals surface area contributed by atoms with Crippen molar-refractivity contribution in [2.45, 2.75) is 35.9 Å². The second-order valence-electron chi connectivity index (χ2n) is 7.86. The van der Waals surface area contributed by atoms with Crippen LogP contribution in [0, 0.1) is 0 Å². The number of likely N-dealkylation sites (tertiary alicyclic amines) is 1. The molecule has 0 aromatic heterocycles. The topological polar surface area (TPSA) is 92.9 Å². The zero-order valence-corrected chi connectivity index (χ0v) is 16.8. The Morgan fingerprint density at radius 2 is 1.96 bits per heavy atom. The number of ether oxygens (including phenoxy) is 1. The molecule has 28 heavy (non-hydrogen) atoms. The van der Waals surface area contributed by atoms with Gasteiger partial charge in [0.15, 0.2) is 9.84 Å². The summed E-state index contributed by atoms with van der Waals surface area (Å²) in [5.74, 6) is 0.937. The van der Waals surface area contributed by atoms with Crippen molar-refractivity contribution in [1.82, 2.24) is 4.90 Å². The first-order valence-electron chi connectivity index (χ1n) is 9.51. The molecule has 0 radical (unpaired) electrons. The zero-order chi connectivity index (χ0) is 19.9. The molecule has 1 unspecified atom stereocenters. The van der Waals surface area contributed by atoms with E-state index in [9.17, 15) is 13.5 Å². The quantitative estimate of drug-likeness (QED) is 0.812. The van der Waals surface area contributed by atoms with Gasteiger partial charge in [-0.05, 0) is 42.2 Å². The monoisotopic (exact) mass is 402 g/mol. The number of benzene rings is 2. The van der Waals surface area contributed by atoms with E-state index in [1.165, 1.54) is 11.8 Å². The molecule has 7 heteroatoms. The Kier molecular flexibility index (Phi) is 4.95. The third-order valence-corrected chi connectivity index (χ3v) is 7.15. The van der Waals surface area contributed by atoms with Crippen molar-refractivity contribution in [2.24, 2.45) is 5.73 Å². The summed E-state index contributed by atoms with van der Waals surface area (Å²) in [5, 5.41) is 10.8. The lowest BCUT2D eigenvalue weighted by Crippen LogP contribution is -2.45. The molecule has 1 spiro atoms. The first-order chi connectivity index (χ1) is 13.3. The average molecular weight is 403 g/mol. The van der Waals surface area contributed by atoms with Crippen molar-refractivity contribution in [3.05, 3.63) is 59.2 Å². The summed E-state index contributed by atoms with van der Waals surface area (Å²) in [4.78, 5) is 2.22. The van der Waals surface area contributed by atoms with Crippen molar-refractivity contribution < 1.29 is 18.3 Å². The predicted octanol–water partition coefficient (Wildman–Crippen LogP) is 1.97. The molecule has 2 aromatic rings. The lowest BCUT2D eigenvalue weighted by atomic mass is 9.74. The molecular formula is C21H26N2O4S. The van der Waals surface area contributed by atoms with E-state index in [2.05, 4.69) is 6.07 Å². The van der Waals surface area contributed by atoms with Crippen LogP contribution in [0.1, 0.15) is 35.8 Å². The standard InChI is InChI=1S/C21H26N2O4S/c1-28(25,26)17-4-2-3-16(12-17)20(24)23-9-7-21(8-10-23)14-27-19-6-5-15(13-22)11-18(19)21/h2-6,11-12,20,24H,7-10,13-14,22H2,1H3. The van der Waals surface area contributed by atoms with E-state index in [0.29, 0.717) is 31.8 Å². The molecule has 150 valence electrons. The van der Waals surface area contributed by atoms with Crippen LogP contribution >= 0.6 is 0 Å². The molecule has 1 fully saturated rings. The Morgan fingerprint density at radius 3 is 2.64 bits per heavy atom. The normalized spacial score (nSPS) is 20.0. The number of rotatable bonds is 4. The van der Waals surface area contributed by atoms with Crippen LogP contribution in [-0.2, 0) is 21.8 Å². The molecule has 2 heterocycles. The Bertz CT molecular complexity index is 982. The summed E-state index contributed by atoms with van der Waals surface area (Å²) >= 11 is 0. The molecule has 1 saturated heterocycles. The maximum absolute atomic E-state index is 11.8. The highest BCUT2D eigenvalue weighted by atomic mass is 32.2. The van der Waals surface area contributed by atoms with Gasteiger partial charge < -0.3 is 15.6 Å². The van der Waals surface area contributed by atoms with E-state index in [4.69, 9.17) is 10.5 Å². The van der Waals surface area contributed by atoms with Gasteiger partial charge in [-0.25, -0.2) is 8.42 Å². The molecule has 1 atom stereocenters. The van der Waals surface area contributed by atoms with Crippen LogP contribution < -0.4 is 10.5 Å². The number of hydrogen-bond donors (Lipinski definition) is 2. The summed E-state index contributed by atoms with van der Waals surface area (Å²) in [6.45, 7) is 2.58. The van der Waals surface area contributed by atoms with Gasteiger partial charge in [-0.1, -0.05) is 24.3 Å². The van der Waals surface area contributed by atoms with Crippen molar-refractivity contribution in [3.63, 3.8) is 0 Å². The fourth-order valence-corrected chi connectivity index (χ4v) is 4.94. The average Bonchev–Trinajstić information content (AvgIpc) is 3.05. The van der Waals surface area contributed by atoms with Gasteiger partial charge in [0.1, 0.15) is 12.0 Å². The molecule has 6 nitrogen and oxygen atoms in total. The van der Waals surface area contributed by atoms with Gasteiger partial charge in [0, 0.05) is 36.9 Å². The van der Waals surface area contributed by atoms with Crippen molar-refractivity contribution in [3.8, 4) is 5.75 Å². The van der Waals surface area contributed by atoms with Gasteiger partial charge >= 0.3 is 0 Å². The van der Waals surface area contributed by atoms with Crippen LogP contribution in [0.5, 0.6) is 5.75 Å². The maximum Gasteiger partial charge on any atom is 0.175 e. The van der Waals surface area contributed by atoms with Crippen molar-refractivity contribution >= 4 is 9.84 Å². The molecular weight excluding hydrogens is 376 g/mol. The lowest BCUT2D eigenvalue weighted by Gasteiger charge is -2.40. The SMILES string of the molecule is CS(=O)(=O)c1cccc(C(O)N2CCC3(CC2)COc2ccc(CN)cc23)c1. The number of nitrogens with zero attached hydrogens (tertiary/aromatic N) is 1. The van der Waals surface area contributed by atoms with E-state index in [0.717, 1.165) is 24.2 Å². The molecule has 4 rings (SSSR count). The fourth-order valence-electron chi connectivity index (χ4n) is 4.26. The van der Waals surface area contributed by atoms with Gasteiger partial charge in [-0.2, -0.15) is 0 Å². The smallest absolute Gasteiger partial charge is 0.175 e. The largest absolute Gasteiger partial charge is 0.492 e. The van der Waals surface area contributed by atoms with Gasteiger partial charge in [0.05, 0.1) is 11.5 Å². The van der Waals surface area contributed by atoms with Gasteiger partial charge in [-0.3, -0.25) is 4.90 Å². The number of aliphatic hydroxyl groups excluding tert-OH is 1. The molecule has 0 bridgehead atoms. The Morgan fingerprint density at radius 1 is 1.21 bits per heavy atom. The molecule has 2 aliphatic heterocycles. The minimum Gasteiger partial charge on any atom is -0.492 e. The highest BCUT2D eigenvalue weighted by molar-refractivity contribution is 7.90. The summed E-state index contributed by atoms with van der Waals surface area (Å²) in [6, 6.07) is 12.7. The van der Waals surface area contributed by atoms with E-state index in [1.807, 2.05) is 17.0 Å². The maximum atomic E-state index is 11.8. The number of piperidine rings is 1. The third kappa shape index (κ3) is 3.43. The predicted molar refractivity (Wildman–Crippen MR) is 107 cm³/mol. The second-order valence-corrected chi connectivity index (χ2v) is 9.87. The highest BCUT2D eigenvalue weighted by Crippen LogP contribution is 2.46. The number of fused-ring (bicyclic) bond motifs is 2. The summed E-state index contributed by atoms with van der Waals surface area (Å²) < 4.78 is 29.5. The summed E-state index contributed by atoms with van der Waals surface area (Å²) in [5.41, 5.74) is 8.70. The number of hydrogen-bond acceptors (Lipinski definition) is 6. The third-order valence-electron chi connectivity index (χ3n) is 6.04. The van der Waals surface area contributed by atoms with Gasteiger partial charge in [0.2, 0.25) is 0 Å². The fraction of sp³-hybridized carbons (Fsp3) is 0.429. The molecule has 0 saturated carbocycles. The number of aliphatic hydroxyl groups is 1. The first-order valence-corrected chi connectivity index (χ1v) is 11.4. The van der Waals surface area contributed by atoms with E-state index >= 15 is 0 Å². The van der Waals surface area contributed by atoms with E-state index in [1.54, 1.807) is 24.3 Å². The van der Waals surface area contributed by atoms with Crippen LogP contribution in [0.15, 0.2) is 47.4 Å². The van der Waals surface area contributed by atoms with Crippen LogP contribution in [0.25, 0.3) is 0 Å². The van der Waals surface area contributed by atoms with Crippen molar-refractivity contribution in [2.75, 3.05) is 26.0 Å². The number of sulfone groups is 1. The Balaban J connectivity index is 1.51. The highest BCUT2D eigenvalue weighted by Gasteiger charge is 2.44. The van der Waals surface area contributed by atoms with Crippen LogP contribution in [0.2, 0.25) is 0 Å². The minimum atomic E-state index is -3.30. The molecule has 0 aliphatic carbocycles. The zero-order valence-electron chi connectivity index (χ0n) is 16.0. The molecule has 3 N–H and O–H groups in total. The molecule has 2 aromatic carbocycles. The minimum absolute atomic E-state index is 0.0364. The van der Waals surface area contributed by atoms with Gasteiger partial charge in [-0.15, -0.1) is 0 Å². The summed E-state index contributed by atoms with van der Waals surface area (Å²) in [7, 11) is -3.30. The van der Waals surface area contributed by atoms with Crippen molar-refractivity contribution in [1.29, 1.82) is 0 Å². The molecule has 2 aliphatic rings. The second kappa shape index (κ2) is 7.15. The first kappa shape index (κ1) is 19.4. The Labute approximate surface area is 165 Å². The van der Waals surface area contributed by atoms with E-state index in [-0.39, 0.29) is 10.3 Å². The molecule has 0 amide bonds. The number of nitrogens with two attached hydrogens (primary N) is 1. The van der Waals surface area contributed by atoms with Crippen LogP contribution in [0.3, 0.4) is 0 Å². The van der Waals surface area contributed by atoms with E-state index < -0.39 is 16.1 Å².